The van der Waals surface area contributed by atoms with Gasteiger partial charge in [0.15, 0.2) is 0 Å². The van der Waals surface area contributed by atoms with Crippen LogP contribution in [-0.2, 0) is 0 Å². The molecule has 1 saturated carbocycles. The highest BCUT2D eigenvalue weighted by molar-refractivity contribution is 6.30. The van der Waals surface area contributed by atoms with Crippen molar-refractivity contribution in [3.05, 3.63) is 41.4 Å². The summed E-state index contributed by atoms with van der Waals surface area (Å²) in [5, 5.41) is 9.70. The zero-order valence-electron chi connectivity index (χ0n) is 14.0. The Morgan fingerprint density at radius 1 is 0.913 bits per heavy atom. The highest BCUT2D eigenvalue weighted by Gasteiger charge is 2.40. The molecule has 0 bridgehead atoms. The van der Waals surface area contributed by atoms with Crippen LogP contribution in [0.3, 0.4) is 0 Å². The molecule has 0 heterocycles. The molecule has 0 spiro atoms. The first-order chi connectivity index (χ1) is 11.2. The summed E-state index contributed by atoms with van der Waals surface area (Å²) in [5.74, 6) is 2.22. The Bertz CT molecular complexity index is 469. The second kappa shape index (κ2) is 10.00. The van der Waals surface area contributed by atoms with E-state index < -0.39 is 0 Å². The van der Waals surface area contributed by atoms with Crippen LogP contribution in [-0.4, -0.2) is 18.3 Å². The average molecular weight is 337 g/mol. The summed E-state index contributed by atoms with van der Waals surface area (Å²) in [6, 6.07) is 7.54. The van der Waals surface area contributed by atoms with Crippen LogP contribution in [0.2, 0.25) is 5.02 Å². The van der Waals surface area contributed by atoms with E-state index in [1.165, 1.54) is 44.1 Å². The number of aliphatic hydroxyl groups is 1. The molecule has 2 nitrogen and oxygen atoms in total. The molecule has 0 saturated heterocycles. The Labute approximate surface area is 145 Å². The second-order valence-corrected chi connectivity index (χ2v) is 6.95. The van der Waals surface area contributed by atoms with Crippen LogP contribution in [0.15, 0.2) is 36.4 Å². The molecule has 2 atom stereocenters. The van der Waals surface area contributed by atoms with Gasteiger partial charge < -0.3 is 9.84 Å². The third-order valence-corrected chi connectivity index (χ3v) is 5.01. The molecule has 1 aliphatic rings. The molecule has 1 aliphatic carbocycles. The summed E-state index contributed by atoms with van der Waals surface area (Å²) in [6.45, 7) is 5.18. The van der Waals surface area contributed by atoms with E-state index >= 15 is 0 Å². The third-order valence-electron chi connectivity index (χ3n) is 4.76. The molecule has 128 valence electrons. The highest BCUT2D eigenvalue weighted by Crippen LogP contribution is 2.49. The van der Waals surface area contributed by atoms with Crippen molar-refractivity contribution in [2.24, 2.45) is 11.8 Å². The van der Waals surface area contributed by atoms with Gasteiger partial charge in [-0.3, -0.25) is 0 Å². The van der Waals surface area contributed by atoms with Crippen molar-refractivity contribution in [2.45, 2.75) is 51.4 Å². The van der Waals surface area contributed by atoms with E-state index in [1.807, 2.05) is 24.3 Å². The zero-order chi connectivity index (χ0) is 16.5. The van der Waals surface area contributed by atoms with E-state index in [-0.39, 0.29) is 0 Å². The maximum absolute atomic E-state index is 8.95. The van der Waals surface area contributed by atoms with Crippen LogP contribution in [0.1, 0.15) is 51.4 Å². The molecular formula is C20H29ClO2. The first-order valence-corrected chi connectivity index (χ1v) is 9.28. The van der Waals surface area contributed by atoms with Crippen molar-refractivity contribution >= 4 is 11.6 Å². The van der Waals surface area contributed by atoms with Gasteiger partial charge in [0.2, 0.25) is 0 Å². The fourth-order valence-electron chi connectivity index (χ4n) is 3.25. The Balaban J connectivity index is 1.39. The van der Waals surface area contributed by atoms with Crippen LogP contribution < -0.4 is 4.74 Å². The Hall–Kier alpha value is -0.990. The van der Waals surface area contributed by atoms with Crippen molar-refractivity contribution in [1.82, 2.24) is 0 Å². The SMILES string of the molecule is C=C1[C@@H](CCCCCCCCOc2ccc(Cl)cc2)[C@H]1CCO. The maximum atomic E-state index is 8.95. The number of unbranched alkanes of at least 4 members (excludes halogenated alkanes) is 5. The molecule has 1 fully saturated rings. The quantitative estimate of drug-likeness (QED) is 0.395. The van der Waals surface area contributed by atoms with Crippen LogP contribution in [0.5, 0.6) is 5.75 Å². The molecule has 1 aromatic rings. The van der Waals surface area contributed by atoms with Gasteiger partial charge in [-0.1, -0.05) is 55.9 Å². The first-order valence-electron chi connectivity index (χ1n) is 8.90. The topological polar surface area (TPSA) is 29.5 Å². The van der Waals surface area contributed by atoms with Gasteiger partial charge in [0.1, 0.15) is 5.75 Å². The Morgan fingerprint density at radius 2 is 1.52 bits per heavy atom. The molecular weight excluding hydrogens is 308 g/mol. The lowest BCUT2D eigenvalue weighted by molar-refractivity contribution is 0.277. The lowest BCUT2D eigenvalue weighted by Gasteiger charge is -2.06. The standard InChI is InChI=1S/C20H29ClO2/c1-16-19(20(16)13-14-22)8-6-4-2-3-5-7-15-23-18-11-9-17(21)10-12-18/h9-12,19-20,22H,1-8,13-15H2/t19-,20+/m1/s1. The molecule has 0 aliphatic heterocycles. The predicted octanol–water partition coefficient (Wildman–Crippen LogP) is 5.63. The fraction of sp³-hybridized carbons (Fsp3) is 0.600. The molecule has 23 heavy (non-hydrogen) atoms. The lowest BCUT2D eigenvalue weighted by atomic mass is 10.1. The third kappa shape index (κ3) is 6.56. The normalized spacial score (nSPS) is 19.8. The van der Waals surface area contributed by atoms with E-state index in [0.29, 0.717) is 18.4 Å². The van der Waals surface area contributed by atoms with Crippen LogP contribution in [0.25, 0.3) is 0 Å². The van der Waals surface area contributed by atoms with Crippen molar-refractivity contribution in [1.29, 1.82) is 0 Å². The van der Waals surface area contributed by atoms with Gasteiger partial charge in [0.05, 0.1) is 6.61 Å². The van der Waals surface area contributed by atoms with E-state index in [4.69, 9.17) is 21.4 Å². The lowest BCUT2D eigenvalue weighted by Crippen LogP contribution is -1.97. The molecule has 0 radical (unpaired) electrons. The molecule has 0 aromatic heterocycles. The number of hydrogen-bond acceptors (Lipinski definition) is 2. The summed E-state index contributed by atoms with van der Waals surface area (Å²) in [5.41, 5.74) is 1.37. The van der Waals surface area contributed by atoms with Crippen molar-refractivity contribution in [2.75, 3.05) is 13.2 Å². The Morgan fingerprint density at radius 3 is 2.22 bits per heavy atom. The second-order valence-electron chi connectivity index (χ2n) is 6.51. The van der Waals surface area contributed by atoms with Gasteiger partial charge in [-0.05, 0) is 55.4 Å². The number of hydrogen-bond donors (Lipinski definition) is 1. The Kier molecular flexibility index (Phi) is 7.98. The van der Waals surface area contributed by atoms with E-state index in [0.717, 1.165) is 30.2 Å². The molecule has 1 N–H and O–H groups in total. The summed E-state index contributed by atoms with van der Waals surface area (Å²) in [6.07, 6.45) is 9.73. The molecule has 3 heteroatoms. The minimum absolute atomic E-state index is 0.304. The van der Waals surface area contributed by atoms with Gasteiger partial charge in [-0.25, -0.2) is 0 Å². The predicted molar refractivity (Wildman–Crippen MR) is 97.1 cm³/mol. The summed E-state index contributed by atoms with van der Waals surface area (Å²) in [4.78, 5) is 0. The average Bonchev–Trinajstić information content (AvgIpc) is 3.16. The number of halogens is 1. The smallest absolute Gasteiger partial charge is 0.119 e. The van der Waals surface area contributed by atoms with Gasteiger partial charge in [-0.15, -0.1) is 0 Å². The maximum Gasteiger partial charge on any atom is 0.119 e. The summed E-state index contributed by atoms with van der Waals surface area (Å²) >= 11 is 5.84. The summed E-state index contributed by atoms with van der Waals surface area (Å²) in [7, 11) is 0. The largest absolute Gasteiger partial charge is 0.494 e. The van der Waals surface area contributed by atoms with Crippen LogP contribution >= 0.6 is 11.6 Å². The fourth-order valence-corrected chi connectivity index (χ4v) is 3.38. The van der Waals surface area contributed by atoms with Crippen LogP contribution in [0, 0.1) is 11.8 Å². The minimum atomic E-state index is 0.304. The zero-order valence-corrected chi connectivity index (χ0v) is 14.7. The van der Waals surface area contributed by atoms with E-state index in [1.54, 1.807) is 0 Å². The monoisotopic (exact) mass is 336 g/mol. The van der Waals surface area contributed by atoms with Crippen molar-refractivity contribution in [3.63, 3.8) is 0 Å². The highest BCUT2D eigenvalue weighted by atomic mass is 35.5. The first kappa shape index (κ1) is 18.4. The molecule has 0 unspecified atom stereocenters. The van der Waals surface area contributed by atoms with E-state index in [9.17, 15) is 0 Å². The van der Waals surface area contributed by atoms with Gasteiger partial charge in [0.25, 0.3) is 0 Å². The minimum Gasteiger partial charge on any atom is -0.494 e. The molecule has 2 rings (SSSR count). The number of rotatable bonds is 12. The van der Waals surface area contributed by atoms with Gasteiger partial charge in [-0.2, -0.15) is 0 Å². The molecule has 0 amide bonds. The van der Waals surface area contributed by atoms with Crippen LogP contribution in [0.4, 0.5) is 0 Å². The number of benzene rings is 1. The number of ether oxygens (including phenoxy) is 1. The van der Waals surface area contributed by atoms with Gasteiger partial charge in [0, 0.05) is 11.6 Å². The van der Waals surface area contributed by atoms with Gasteiger partial charge >= 0.3 is 0 Å². The van der Waals surface area contributed by atoms with Crippen molar-refractivity contribution in [3.8, 4) is 5.75 Å². The summed E-state index contributed by atoms with van der Waals surface area (Å²) < 4.78 is 5.69. The number of aliphatic hydroxyl groups excluding tert-OH is 1. The van der Waals surface area contributed by atoms with Crippen molar-refractivity contribution < 1.29 is 9.84 Å². The molecule has 1 aromatic carbocycles. The number of allylic oxidation sites excluding steroid dienone is 1. The van der Waals surface area contributed by atoms with E-state index in [2.05, 4.69) is 6.58 Å².